The van der Waals surface area contributed by atoms with Crippen LogP contribution in [-0.2, 0) is 12.8 Å². The number of aryl methyl sites for hydroxylation is 1. The van der Waals surface area contributed by atoms with Crippen LogP contribution in [0, 0.1) is 12.8 Å². The zero-order chi connectivity index (χ0) is 14.5. The maximum Gasteiger partial charge on any atom is 0.0449 e. The maximum absolute atomic E-state index is 6.31. The lowest BCUT2D eigenvalue weighted by Crippen LogP contribution is -2.10. The van der Waals surface area contributed by atoms with Crippen molar-refractivity contribution in [1.82, 2.24) is 0 Å². The summed E-state index contributed by atoms with van der Waals surface area (Å²) in [7, 11) is 0. The second-order valence-electron chi connectivity index (χ2n) is 5.15. The van der Waals surface area contributed by atoms with Crippen LogP contribution in [0.4, 0.5) is 0 Å². The molecule has 0 N–H and O–H groups in total. The maximum atomic E-state index is 6.31. The predicted molar refractivity (Wildman–Crippen MR) is 95.0 cm³/mol. The van der Waals surface area contributed by atoms with Crippen molar-refractivity contribution in [2.24, 2.45) is 5.92 Å². The lowest BCUT2D eigenvalue weighted by molar-refractivity contribution is 0.591. The van der Waals surface area contributed by atoms with Crippen molar-refractivity contribution in [3.8, 4) is 0 Å². The number of alkyl halides is 1. The molecule has 0 aliphatic heterocycles. The van der Waals surface area contributed by atoms with Gasteiger partial charge in [0.15, 0.2) is 0 Å². The Labute approximate surface area is 142 Å². The highest BCUT2D eigenvalue weighted by atomic mass is 79.9. The lowest BCUT2D eigenvalue weighted by atomic mass is 9.93. The molecule has 1 atom stereocenters. The first-order valence-electron chi connectivity index (χ1n) is 6.64. The Morgan fingerprint density at radius 1 is 1.10 bits per heavy atom. The highest BCUT2D eigenvalue weighted by Gasteiger charge is 2.12. The van der Waals surface area contributed by atoms with E-state index in [0.29, 0.717) is 5.92 Å². The first-order chi connectivity index (χ1) is 9.58. The summed E-state index contributed by atoms with van der Waals surface area (Å²) in [5.74, 6) is 0.551. The minimum atomic E-state index is 0.551. The molecule has 3 heteroatoms. The first kappa shape index (κ1) is 16.1. The zero-order valence-electron chi connectivity index (χ0n) is 11.4. The van der Waals surface area contributed by atoms with Gasteiger partial charge in [-0.1, -0.05) is 79.4 Å². The smallest absolute Gasteiger partial charge is 0.0449 e. The van der Waals surface area contributed by atoms with Crippen LogP contribution in [0.1, 0.15) is 16.7 Å². The van der Waals surface area contributed by atoms with E-state index in [9.17, 15) is 0 Å². The summed E-state index contributed by atoms with van der Waals surface area (Å²) in [4.78, 5) is 0. The molecular weight excluding hydrogens is 399 g/mol. The molecule has 1 unspecified atom stereocenters. The molecule has 0 spiro atoms. The van der Waals surface area contributed by atoms with E-state index in [1.54, 1.807) is 0 Å². The summed E-state index contributed by atoms with van der Waals surface area (Å²) in [6.45, 7) is 2.14. The van der Waals surface area contributed by atoms with Gasteiger partial charge in [0.2, 0.25) is 0 Å². The lowest BCUT2D eigenvalue weighted by Gasteiger charge is -2.15. The molecule has 0 fully saturated rings. The molecule has 0 aliphatic rings. The van der Waals surface area contributed by atoms with E-state index in [-0.39, 0.29) is 0 Å². The molecule has 0 nitrogen and oxygen atoms in total. The van der Waals surface area contributed by atoms with Gasteiger partial charge in [-0.25, -0.2) is 0 Å². The van der Waals surface area contributed by atoms with Gasteiger partial charge in [-0.3, -0.25) is 0 Å². The largest absolute Gasteiger partial charge is 0.0925 e. The van der Waals surface area contributed by atoms with Gasteiger partial charge >= 0.3 is 0 Å². The second-order valence-corrected chi connectivity index (χ2v) is 7.12. The van der Waals surface area contributed by atoms with E-state index in [4.69, 9.17) is 11.6 Å². The van der Waals surface area contributed by atoms with Crippen LogP contribution in [0.5, 0.6) is 0 Å². The molecule has 0 aromatic heterocycles. The molecule has 2 rings (SSSR count). The highest BCUT2D eigenvalue weighted by molar-refractivity contribution is 9.10. The normalized spacial score (nSPS) is 12.4. The van der Waals surface area contributed by atoms with Crippen LogP contribution in [0.3, 0.4) is 0 Å². The highest BCUT2D eigenvalue weighted by Crippen LogP contribution is 2.25. The number of rotatable bonds is 5. The van der Waals surface area contributed by atoms with Crippen molar-refractivity contribution in [3.05, 3.63) is 68.7 Å². The van der Waals surface area contributed by atoms with E-state index in [2.05, 4.69) is 75.2 Å². The SMILES string of the molecule is Cc1cccc(CC(CBr)Cc2ccc(Br)cc2Cl)c1. The van der Waals surface area contributed by atoms with Crippen LogP contribution in [0.15, 0.2) is 46.9 Å². The molecule has 2 aromatic carbocycles. The summed E-state index contributed by atoms with van der Waals surface area (Å²) in [6, 6.07) is 14.9. The van der Waals surface area contributed by atoms with Crippen molar-refractivity contribution in [3.63, 3.8) is 0 Å². The number of benzene rings is 2. The second kappa shape index (κ2) is 7.63. The monoisotopic (exact) mass is 414 g/mol. The van der Waals surface area contributed by atoms with Gasteiger partial charge in [-0.05, 0) is 48.9 Å². The Hall–Kier alpha value is -0.310. The van der Waals surface area contributed by atoms with E-state index in [1.165, 1.54) is 16.7 Å². The number of hydrogen-bond donors (Lipinski definition) is 0. The van der Waals surface area contributed by atoms with Gasteiger partial charge in [0.1, 0.15) is 0 Å². The third kappa shape index (κ3) is 4.61. The minimum Gasteiger partial charge on any atom is -0.0925 e. The molecular formula is C17H17Br2Cl. The number of hydrogen-bond acceptors (Lipinski definition) is 0. The summed E-state index contributed by atoms with van der Waals surface area (Å²) in [5, 5.41) is 1.82. The number of halogens is 3. The van der Waals surface area contributed by atoms with Gasteiger partial charge in [0.05, 0.1) is 0 Å². The van der Waals surface area contributed by atoms with E-state index >= 15 is 0 Å². The molecule has 20 heavy (non-hydrogen) atoms. The molecule has 0 radical (unpaired) electrons. The Bertz CT molecular complexity index is 581. The van der Waals surface area contributed by atoms with E-state index < -0.39 is 0 Å². The third-order valence-electron chi connectivity index (χ3n) is 3.35. The molecule has 0 heterocycles. The zero-order valence-corrected chi connectivity index (χ0v) is 15.3. The average molecular weight is 417 g/mol. The average Bonchev–Trinajstić information content (AvgIpc) is 2.41. The molecule has 106 valence electrons. The molecule has 0 bridgehead atoms. The van der Waals surface area contributed by atoms with Crippen LogP contribution in [-0.4, -0.2) is 5.33 Å². The standard InChI is InChI=1S/C17H17Br2Cl/c1-12-3-2-4-13(7-12)8-14(11-18)9-15-5-6-16(19)10-17(15)20/h2-7,10,14H,8-9,11H2,1H3. The Morgan fingerprint density at radius 3 is 2.55 bits per heavy atom. The third-order valence-corrected chi connectivity index (χ3v) is 5.11. The summed E-state index contributed by atoms with van der Waals surface area (Å²) in [6.07, 6.45) is 2.06. The quantitative estimate of drug-likeness (QED) is 0.509. The topological polar surface area (TPSA) is 0 Å². The fraction of sp³-hybridized carbons (Fsp3) is 0.294. The summed E-state index contributed by atoms with van der Waals surface area (Å²) < 4.78 is 1.03. The fourth-order valence-corrected chi connectivity index (χ4v) is 3.56. The predicted octanol–water partition coefficient (Wildman–Crippen LogP) is 6.21. The summed E-state index contributed by atoms with van der Waals surface area (Å²) in [5.41, 5.74) is 3.92. The van der Waals surface area contributed by atoms with E-state index in [0.717, 1.165) is 27.7 Å². The van der Waals surface area contributed by atoms with Crippen molar-refractivity contribution in [1.29, 1.82) is 0 Å². The van der Waals surface area contributed by atoms with Gasteiger partial charge in [-0.2, -0.15) is 0 Å². The van der Waals surface area contributed by atoms with Crippen LogP contribution in [0.25, 0.3) is 0 Å². The Kier molecular flexibility index (Phi) is 6.13. The van der Waals surface area contributed by atoms with Crippen LogP contribution >= 0.6 is 43.5 Å². The molecule has 0 amide bonds. The van der Waals surface area contributed by atoms with Gasteiger partial charge in [0, 0.05) is 14.8 Å². The van der Waals surface area contributed by atoms with Crippen LogP contribution in [0.2, 0.25) is 5.02 Å². The van der Waals surface area contributed by atoms with Crippen molar-refractivity contribution < 1.29 is 0 Å². The van der Waals surface area contributed by atoms with E-state index in [1.807, 2.05) is 6.07 Å². The fourth-order valence-electron chi connectivity index (χ4n) is 2.35. The van der Waals surface area contributed by atoms with Crippen molar-refractivity contribution >= 4 is 43.5 Å². The molecule has 0 aliphatic carbocycles. The van der Waals surface area contributed by atoms with Crippen molar-refractivity contribution in [2.45, 2.75) is 19.8 Å². The van der Waals surface area contributed by atoms with Gasteiger partial charge in [-0.15, -0.1) is 0 Å². The Balaban J connectivity index is 2.09. The first-order valence-corrected chi connectivity index (χ1v) is 8.93. The minimum absolute atomic E-state index is 0.551. The van der Waals surface area contributed by atoms with Crippen LogP contribution < -0.4 is 0 Å². The molecule has 2 aromatic rings. The van der Waals surface area contributed by atoms with Gasteiger partial charge < -0.3 is 0 Å². The van der Waals surface area contributed by atoms with Crippen molar-refractivity contribution in [2.75, 3.05) is 5.33 Å². The Morgan fingerprint density at radius 2 is 1.90 bits per heavy atom. The molecule has 0 saturated heterocycles. The summed E-state index contributed by atoms with van der Waals surface area (Å²) >= 11 is 13.4. The molecule has 0 saturated carbocycles. The van der Waals surface area contributed by atoms with Gasteiger partial charge in [0.25, 0.3) is 0 Å².